The predicted molar refractivity (Wildman–Crippen MR) is 140 cm³/mol. The van der Waals surface area contributed by atoms with Crippen LogP contribution in [0.4, 0.5) is 0 Å². The highest BCUT2D eigenvalue weighted by Crippen LogP contribution is 2.40. The fraction of sp³-hybridized carbons (Fsp3) is 0.481. The van der Waals surface area contributed by atoms with E-state index in [1.807, 2.05) is 70.2 Å². The molecule has 0 radical (unpaired) electrons. The summed E-state index contributed by atoms with van der Waals surface area (Å²) in [7, 11) is -5.79. The number of rotatable bonds is 6. The van der Waals surface area contributed by atoms with E-state index in [0.717, 1.165) is 27.8 Å². The second kappa shape index (κ2) is 9.14. The molecule has 6 heteroatoms. The van der Waals surface area contributed by atoms with Crippen LogP contribution in [-0.4, -0.2) is 39.7 Å². The van der Waals surface area contributed by atoms with Crippen LogP contribution in [0.5, 0.6) is 0 Å². The van der Waals surface area contributed by atoms with E-state index in [1.54, 1.807) is 4.31 Å². The third-order valence-electron chi connectivity index (χ3n) is 7.20. The van der Waals surface area contributed by atoms with Crippen molar-refractivity contribution in [3.05, 3.63) is 70.8 Å². The monoisotopic (exact) mass is 485 g/mol. The van der Waals surface area contributed by atoms with Crippen molar-refractivity contribution < 1.29 is 12.8 Å². The van der Waals surface area contributed by atoms with Crippen LogP contribution in [0, 0.1) is 20.8 Å². The van der Waals surface area contributed by atoms with Gasteiger partial charge in [0.25, 0.3) is 0 Å². The zero-order valence-corrected chi connectivity index (χ0v) is 23.4. The SMILES string of the molecule is Cc1cc(C)c(S(=O)(=O)N2[C@@H](CO[Si](C)(C)C(C)(C)C)C=C(c3ccccc3)[C@H]2C)c(C)c1. The van der Waals surface area contributed by atoms with Crippen LogP contribution in [0.15, 0.2) is 53.4 Å². The Morgan fingerprint density at radius 1 is 1.00 bits per heavy atom. The molecule has 2 aromatic carbocycles. The first-order valence-corrected chi connectivity index (χ1v) is 16.0. The number of sulfonamides is 1. The molecule has 2 aromatic rings. The second-order valence-corrected chi connectivity index (χ2v) is 17.5. The molecule has 0 spiro atoms. The van der Waals surface area contributed by atoms with Gasteiger partial charge in [-0.2, -0.15) is 4.31 Å². The quantitative estimate of drug-likeness (QED) is 0.440. The van der Waals surface area contributed by atoms with Crippen molar-refractivity contribution in [3.8, 4) is 0 Å². The molecule has 0 saturated heterocycles. The van der Waals surface area contributed by atoms with Gasteiger partial charge >= 0.3 is 0 Å². The van der Waals surface area contributed by atoms with Crippen LogP contribution in [0.2, 0.25) is 18.1 Å². The van der Waals surface area contributed by atoms with Crippen LogP contribution in [0.1, 0.15) is 49.9 Å². The van der Waals surface area contributed by atoms with Crippen molar-refractivity contribution in [3.63, 3.8) is 0 Å². The number of benzene rings is 2. The lowest BCUT2D eigenvalue weighted by atomic mass is 10.0. The van der Waals surface area contributed by atoms with E-state index < -0.39 is 18.3 Å². The van der Waals surface area contributed by atoms with E-state index >= 15 is 0 Å². The summed E-state index contributed by atoms with van der Waals surface area (Å²) in [5.41, 5.74) is 4.73. The first-order valence-electron chi connectivity index (χ1n) is 11.7. The van der Waals surface area contributed by atoms with Gasteiger partial charge in [0.15, 0.2) is 8.32 Å². The minimum absolute atomic E-state index is 0.0526. The van der Waals surface area contributed by atoms with Gasteiger partial charge in [0.05, 0.1) is 17.5 Å². The van der Waals surface area contributed by atoms with Gasteiger partial charge in [-0.15, -0.1) is 0 Å². The smallest absolute Gasteiger partial charge is 0.244 e. The van der Waals surface area contributed by atoms with Crippen molar-refractivity contribution >= 4 is 23.9 Å². The lowest BCUT2D eigenvalue weighted by Crippen LogP contribution is -2.48. The van der Waals surface area contributed by atoms with E-state index in [2.05, 4.69) is 39.9 Å². The van der Waals surface area contributed by atoms with Crippen LogP contribution < -0.4 is 0 Å². The standard InChI is InChI=1S/C27H39NO3SSi/c1-19-15-20(2)26(21(3)16-19)32(29,30)28-22(4)25(23-13-11-10-12-14-23)17-24(28)18-31-33(8,9)27(5,6)7/h10-17,22,24H,18H2,1-9H3/t22-,24-/m1/s1. The Hall–Kier alpha value is -1.73. The van der Waals surface area contributed by atoms with E-state index in [9.17, 15) is 8.42 Å². The molecule has 0 saturated carbocycles. The third kappa shape index (κ3) is 5.04. The van der Waals surface area contributed by atoms with Crippen molar-refractivity contribution in [2.45, 2.75) is 83.6 Å². The fourth-order valence-corrected chi connectivity index (χ4v) is 7.68. The van der Waals surface area contributed by atoms with Crippen molar-refractivity contribution in [1.82, 2.24) is 4.31 Å². The Balaban J connectivity index is 2.07. The molecule has 180 valence electrons. The van der Waals surface area contributed by atoms with E-state index in [4.69, 9.17) is 4.43 Å². The summed E-state index contributed by atoms with van der Waals surface area (Å²) in [5, 5.41) is 0.0526. The summed E-state index contributed by atoms with van der Waals surface area (Å²) in [6.45, 7) is 19.2. The number of hydrogen-bond donors (Lipinski definition) is 0. The van der Waals surface area contributed by atoms with E-state index in [1.165, 1.54) is 0 Å². The lowest BCUT2D eigenvalue weighted by molar-refractivity contribution is 0.217. The molecular formula is C27H39NO3SSi. The molecule has 0 fully saturated rings. The summed E-state index contributed by atoms with van der Waals surface area (Å²) < 4.78 is 36.5. The summed E-state index contributed by atoms with van der Waals surface area (Å²) in [5.74, 6) is 0. The summed E-state index contributed by atoms with van der Waals surface area (Å²) in [4.78, 5) is 0.417. The molecule has 0 N–H and O–H groups in total. The Morgan fingerprint density at radius 3 is 2.06 bits per heavy atom. The van der Waals surface area contributed by atoms with Crippen LogP contribution in [-0.2, 0) is 14.4 Å². The largest absolute Gasteiger partial charge is 0.415 e. The molecule has 0 unspecified atom stereocenters. The summed E-state index contributed by atoms with van der Waals surface area (Å²) >= 11 is 0. The second-order valence-electron chi connectivity index (χ2n) is 10.9. The van der Waals surface area contributed by atoms with Gasteiger partial charge in [-0.25, -0.2) is 8.42 Å². The van der Waals surface area contributed by atoms with Crippen molar-refractivity contribution in [1.29, 1.82) is 0 Å². The number of hydrogen-bond acceptors (Lipinski definition) is 3. The maximum atomic E-state index is 14.2. The minimum Gasteiger partial charge on any atom is -0.415 e. The maximum absolute atomic E-state index is 14.2. The van der Waals surface area contributed by atoms with Gasteiger partial charge < -0.3 is 4.43 Å². The topological polar surface area (TPSA) is 46.6 Å². The Labute approximate surface area is 201 Å². The molecular weight excluding hydrogens is 446 g/mol. The van der Waals surface area contributed by atoms with E-state index in [0.29, 0.717) is 11.5 Å². The summed E-state index contributed by atoms with van der Waals surface area (Å²) in [6.07, 6.45) is 2.10. The van der Waals surface area contributed by atoms with Gasteiger partial charge in [0.2, 0.25) is 10.0 Å². The third-order valence-corrected chi connectivity index (χ3v) is 14.0. The highest BCUT2D eigenvalue weighted by atomic mass is 32.2. The Kier molecular flexibility index (Phi) is 7.17. The molecule has 0 bridgehead atoms. The normalized spacial score (nSPS) is 20.2. The van der Waals surface area contributed by atoms with Gasteiger partial charge in [0.1, 0.15) is 0 Å². The highest BCUT2D eigenvalue weighted by molar-refractivity contribution is 7.89. The molecule has 0 aliphatic carbocycles. The Bertz CT molecular complexity index is 1120. The fourth-order valence-electron chi connectivity index (χ4n) is 4.51. The molecule has 33 heavy (non-hydrogen) atoms. The Morgan fingerprint density at radius 2 is 1.55 bits per heavy atom. The van der Waals surface area contributed by atoms with Crippen molar-refractivity contribution in [2.75, 3.05) is 6.61 Å². The molecule has 0 aromatic heterocycles. The van der Waals surface area contributed by atoms with Crippen molar-refractivity contribution in [2.24, 2.45) is 0 Å². The van der Waals surface area contributed by atoms with Gasteiger partial charge in [0, 0.05) is 6.04 Å². The number of nitrogens with zero attached hydrogens (tertiary/aromatic N) is 1. The van der Waals surface area contributed by atoms with E-state index in [-0.39, 0.29) is 17.1 Å². The van der Waals surface area contributed by atoms with Gasteiger partial charge in [-0.05, 0) is 68.1 Å². The molecule has 2 atom stereocenters. The molecule has 1 aliphatic heterocycles. The minimum atomic E-state index is -3.74. The van der Waals surface area contributed by atoms with Gasteiger partial charge in [-0.3, -0.25) is 0 Å². The molecule has 1 heterocycles. The maximum Gasteiger partial charge on any atom is 0.244 e. The highest BCUT2D eigenvalue weighted by Gasteiger charge is 2.44. The lowest BCUT2D eigenvalue weighted by Gasteiger charge is -2.38. The molecule has 4 nitrogen and oxygen atoms in total. The van der Waals surface area contributed by atoms with Gasteiger partial charge in [-0.1, -0.05) is 74.9 Å². The molecule has 0 amide bonds. The van der Waals surface area contributed by atoms with Crippen LogP contribution in [0.3, 0.4) is 0 Å². The molecule has 3 rings (SSSR count). The molecule has 1 aliphatic rings. The zero-order chi connectivity index (χ0) is 24.8. The first kappa shape index (κ1) is 25.9. The summed E-state index contributed by atoms with van der Waals surface area (Å²) in [6, 6.07) is 13.3. The average molecular weight is 486 g/mol. The first-order chi connectivity index (χ1) is 15.2. The van der Waals surface area contributed by atoms with Crippen LogP contribution >= 0.6 is 0 Å². The average Bonchev–Trinajstić information content (AvgIpc) is 3.02. The zero-order valence-electron chi connectivity index (χ0n) is 21.6. The number of aryl methyl sites for hydroxylation is 3. The van der Waals surface area contributed by atoms with Crippen LogP contribution in [0.25, 0.3) is 5.57 Å². The predicted octanol–water partition coefficient (Wildman–Crippen LogP) is 6.48.